The molecule has 14 heavy (non-hydrogen) atoms. The van der Waals surface area contributed by atoms with Crippen LogP contribution in [0.25, 0.3) is 0 Å². The van der Waals surface area contributed by atoms with E-state index in [4.69, 9.17) is 4.74 Å². The van der Waals surface area contributed by atoms with E-state index in [0.717, 1.165) is 22.2 Å². The second kappa shape index (κ2) is 4.19. The third-order valence-electron chi connectivity index (χ3n) is 2.47. The van der Waals surface area contributed by atoms with E-state index in [1.165, 1.54) is 12.8 Å². The molecule has 1 aliphatic carbocycles. The number of rotatable bonds is 4. The van der Waals surface area contributed by atoms with Crippen molar-refractivity contribution >= 4 is 31.9 Å². The average molecular weight is 321 g/mol. The first-order valence-corrected chi connectivity index (χ1v) is 6.45. The van der Waals surface area contributed by atoms with Crippen molar-refractivity contribution in [3.63, 3.8) is 0 Å². The lowest BCUT2D eigenvalue weighted by molar-refractivity contribution is 0.250. The minimum atomic E-state index is 0.391. The standard InChI is InChI=1S/C10H11Br2NO/c11-6-10(1-2-10)7-14-9-3-8(12)4-13-5-9/h3-5H,1-2,6-7H2. The Hall–Kier alpha value is -0.0900. The molecule has 1 saturated carbocycles. The highest BCUT2D eigenvalue weighted by atomic mass is 79.9. The van der Waals surface area contributed by atoms with Crippen LogP contribution in [0.4, 0.5) is 0 Å². The van der Waals surface area contributed by atoms with Crippen molar-refractivity contribution < 1.29 is 4.74 Å². The molecule has 1 aliphatic rings. The summed E-state index contributed by atoms with van der Waals surface area (Å²) in [5, 5.41) is 1.03. The fourth-order valence-electron chi connectivity index (χ4n) is 1.20. The van der Waals surface area contributed by atoms with Gasteiger partial charge in [-0.2, -0.15) is 0 Å². The number of halogens is 2. The Labute approximate surface area is 100 Å². The first-order chi connectivity index (χ1) is 6.74. The van der Waals surface area contributed by atoms with Gasteiger partial charge in [0, 0.05) is 21.4 Å². The monoisotopic (exact) mass is 319 g/mol. The molecule has 2 nitrogen and oxygen atoms in total. The normalized spacial score (nSPS) is 17.9. The summed E-state index contributed by atoms with van der Waals surface area (Å²) in [7, 11) is 0. The van der Waals surface area contributed by atoms with Gasteiger partial charge in [-0.05, 0) is 34.8 Å². The quantitative estimate of drug-likeness (QED) is 0.793. The van der Waals surface area contributed by atoms with Crippen LogP contribution in [-0.4, -0.2) is 16.9 Å². The van der Waals surface area contributed by atoms with Gasteiger partial charge >= 0.3 is 0 Å². The van der Waals surface area contributed by atoms with Crippen LogP contribution in [0, 0.1) is 5.41 Å². The third kappa shape index (κ3) is 2.48. The van der Waals surface area contributed by atoms with E-state index < -0.39 is 0 Å². The van der Waals surface area contributed by atoms with E-state index in [2.05, 4.69) is 36.8 Å². The summed E-state index contributed by atoms with van der Waals surface area (Å²) < 4.78 is 6.64. The molecule has 0 amide bonds. The summed E-state index contributed by atoms with van der Waals surface area (Å²) in [6.07, 6.45) is 6.03. The van der Waals surface area contributed by atoms with Gasteiger partial charge in [-0.15, -0.1) is 0 Å². The topological polar surface area (TPSA) is 22.1 Å². The second-order valence-corrected chi connectivity index (χ2v) is 5.24. The highest BCUT2D eigenvalue weighted by Gasteiger charge is 2.42. The summed E-state index contributed by atoms with van der Waals surface area (Å²) in [4.78, 5) is 4.05. The van der Waals surface area contributed by atoms with E-state index in [-0.39, 0.29) is 0 Å². The van der Waals surface area contributed by atoms with Crippen molar-refractivity contribution in [2.75, 3.05) is 11.9 Å². The number of nitrogens with zero attached hydrogens (tertiary/aromatic N) is 1. The predicted octanol–water partition coefficient (Wildman–Crippen LogP) is 3.40. The van der Waals surface area contributed by atoms with Gasteiger partial charge in [0.05, 0.1) is 12.8 Å². The molecule has 0 saturated heterocycles. The molecule has 0 N–H and O–H groups in total. The molecule has 1 fully saturated rings. The number of pyridine rings is 1. The fourth-order valence-corrected chi connectivity index (χ4v) is 2.27. The maximum absolute atomic E-state index is 5.68. The molecule has 0 aliphatic heterocycles. The van der Waals surface area contributed by atoms with Crippen LogP contribution >= 0.6 is 31.9 Å². The van der Waals surface area contributed by atoms with Crippen LogP contribution in [0.15, 0.2) is 22.9 Å². The number of aromatic nitrogens is 1. The van der Waals surface area contributed by atoms with Crippen molar-refractivity contribution in [3.8, 4) is 5.75 Å². The third-order valence-corrected chi connectivity index (χ3v) is 4.09. The first kappa shape index (κ1) is 10.4. The van der Waals surface area contributed by atoms with Crippen molar-refractivity contribution in [3.05, 3.63) is 22.9 Å². The molecule has 0 radical (unpaired) electrons. The van der Waals surface area contributed by atoms with Crippen LogP contribution in [-0.2, 0) is 0 Å². The zero-order valence-corrected chi connectivity index (χ0v) is 10.8. The van der Waals surface area contributed by atoms with Crippen molar-refractivity contribution in [1.82, 2.24) is 4.98 Å². The highest BCUT2D eigenvalue weighted by Crippen LogP contribution is 2.47. The Kier molecular flexibility index (Phi) is 3.12. The van der Waals surface area contributed by atoms with Crippen molar-refractivity contribution in [1.29, 1.82) is 0 Å². The van der Waals surface area contributed by atoms with Crippen LogP contribution in [0.5, 0.6) is 5.75 Å². The minimum absolute atomic E-state index is 0.391. The molecule has 4 heteroatoms. The Bertz CT molecular complexity index is 326. The van der Waals surface area contributed by atoms with Crippen molar-refractivity contribution in [2.24, 2.45) is 5.41 Å². The summed E-state index contributed by atoms with van der Waals surface area (Å²) in [6, 6.07) is 1.94. The lowest BCUT2D eigenvalue weighted by atomic mass is 10.2. The molecule has 1 aromatic rings. The van der Waals surface area contributed by atoms with Gasteiger partial charge in [-0.25, -0.2) is 0 Å². The van der Waals surface area contributed by atoms with E-state index in [1.807, 2.05) is 6.07 Å². The maximum atomic E-state index is 5.68. The number of ether oxygens (including phenoxy) is 1. The van der Waals surface area contributed by atoms with Crippen molar-refractivity contribution in [2.45, 2.75) is 12.8 Å². The van der Waals surface area contributed by atoms with E-state index in [9.17, 15) is 0 Å². The van der Waals surface area contributed by atoms with E-state index >= 15 is 0 Å². The molecule has 1 heterocycles. The minimum Gasteiger partial charge on any atom is -0.491 e. The average Bonchev–Trinajstić information content (AvgIpc) is 2.96. The number of hydrogen-bond donors (Lipinski definition) is 0. The molecule has 76 valence electrons. The molecule has 2 rings (SSSR count). The lowest BCUT2D eigenvalue weighted by Gasteiger charge is -2.12. The summed E-state index contributed by atoms with van der Waals surface area (Å²) in [5.41, 5.74) is 0.391. The smallest absolute Gasteiger partial charge is 0.138 e. The van der Waals surface area contributed by atoms with Crippen LogP contribution < -0.4 is 4.74 Å². The number of hydrogen-bond acceptors (Lipinski definition) is 2. The van der Waals surface area contributed by atoms with Gasteiger partial charge in [0.15, 0.2) is 0 Å². The zero-order valence-electron chi connectivity index (χ0n) is 7.67. The first-order valence-electron chi connectivity index (χ1n) is 4.53. The van der Waals surface area contributed by atoms with Gasteiger partial charge in [-0.1, -0.05) is 15.9 Å². The number of alkyl halides is 1. The van der Waals surface area contributed by atoms with Gasteiger partial charge in [-0.3, -0.25) is 4.98 Å². The molecule has 1 aromatic heterocycles. The SMILES string of the molecule is BrCC1(COc2cncc(Br)c2)CC1. The summed E-state index contributed by atoms with van der Waals surface area (Å²) >= 11 is 6.88. The maximum Gasteiger partial charge on any atom is 0.138 e. The van der Waals surface area contributed by atoms with E-state index in [0.29, 0.717) is 5.41 Å². The molecule has 0 spiro atoms. The highest BCUT2D eigenvalue weighted by molar-refractivity contribution is 9.10. The lowest BCUT2D eigenvalue weighted by Crippen LogP contribution is -2.14. The van der Waals surface area contributed by atoms with Gasteiger partial charge in [0.2, 0.25) is 0 Å². The Morgan fingerprint density at radius 3 is 2.79 bits per heavy atom. The van der Waals surface area contributed by atoms with Gasteiger partial charge in [0.25, 0.3) is 0 Å². The molecular weight excluding hydrogens is 310 g/mol. The van der Waals surface area contributed by atoms with Crippen LogP contribution in [0.1, 0.15) is 12.8 Å². The Balaban J connectivity index is 1.92. The zero-order chi connectivity index (χ0) is 10.0. The van der Waals surface area contributed by atoms with E-state index in [1.54, 1.807) is 12.4 Å². The molecule has 0 aromatic carbocycles. The predicted molar refractivity (Wildman–Crippen MR) is 62.9 cm³/mol. The Morgan fingerprint density at radius 2 is 2.21 bits per heavy atom. The molecular formula is C10H11Br2NO. The Morgan fingerprint density at radius 1 is 1.43 bits per heavy atom. The fraction of sp³-hybridized carbons (Fsp3) is 0.500. The second-order valence-electron chi connectivity index (χ2n) is 3.76. The van der Waals surface area contributed by atoms with Crippen LogP contribution in [0.2, 0.25) is 0 Å². The summed E-state index contributed by atoms with van der Waals surface area (Å²) in [6.45, 7) is 0.788. The van der Waals surface area contributed by atoms with Crippen LogP contribution in [0.3, 0.4) is 0 Å². The van der Waals surface area contributed by atoms with Gasteiger partial charge in [0.1, 0.15) is 5.75 Å². The summed E-state index contributed by atoms with van der Waals surface area (Å²) in [5.74, 6) is 0.839. The largest absolute Gasteiger partial charge is 0.491 e. The molecule has 0 unspecified atom stereocenters. The molecule has 0 bridgehead atoms. The van der Waals surface area contributed by atoms with Gasteiger partial charge < -0.3 is 4.74 Å². The molecule has 0 atom stereocenters.